The van der Waals surface area contributed by atoms with Crippen LogP contribution in [0, 0.1) is 5.92 Å². The molecular weight excluding hydrogens is 352 g/mol. The molecule has 1 unspecified atom stereocenters. The molecule has 2 rings (SSSR count). The maximum absolute atomic E-state index is 5.96. The van der Waals surface area contributed by atoms with Gasteiger partial charge in [-0.25, -0.2) is 4.99 Å². The predicted molar refractivity (Wildman–Crippen MR) is 116 cm³/mol. The summed E-state index contributed by atoms with van der Waals surface area (Å²) in [7, 11) is 1.66. The SMILES string of the molecule is CCNC(=NCC(C)Oc1ccc(OC)cc1)NC1CCN(CC(C)C)CC1. The largest absolute Gasteiger partial charge is 0.497 e. The Morgan fingerprint density at radius 3 is 2.36 bits per heavy atom. The fourth-order valence-corrected chi connectivity index (χ4v) is 3.43. The van der Waals surface area contributed by atoms with Crippen LogP contribution in [0.5, 0.6) is 11.5 Å². The number of methoxy groups -OCH3 is 1. The summed E-state index contributed by atoms with van der Waals surface area (Å²) in [6.45, 7) is 13.7. The lowest BCUT2D eigenvalue weighted by molar-refractivity contribution is 0.186. The van der Waals surface area contributed by atoms with Crippen LogP contribution in [0.1, 0.15) is 40.5 Å². The quantitative estimate of drug-likeness (QED) is 0.501. The fourth-order valence-electron chi connectivity index (χ4n) is 3.43. The van der Waals surface area contributed by atoms with Crippen molar-refractivity contribution in [2.45, 2.75) is 52.7 Å². The highest BCUT2D eigenvalue weighted by atomic mass is 16.5. The molecule has 6 nitrogen and oxygen atoms in total. The standard InChI is InChI=1S/C22H38N4O2/c1-6-23-22(25-19-11-13-26(14-12-19)16-17(2)3)24-15-18(4)28-21-9-7-20(27-5)8-10-21/h7-10,17-19H,6,11-16H2,1-5H3,(H2,23,24,25). The van der Waals surface area contributed by atoms with Gasteiger partial charge in [0.25, 0.3) is 0 Å². The zero-order chi connectivity index (χ0) is 20.4. The van der Waals surface area contributed by atoms with Gasteiger partial charge >= 0.3 is 0 Å². The average molecular weight is 391 g/mol. The number of ether oxygens (including phenoxy) is 2. The van der Waals surface area contributed by atoms with Crippen molar-refractivity contribution >= 4 is 5.96 Å². The lowest BCUT2D eigenvalue weighted by Crippen LogP contribution is -2.49. The maximum atomic E-state index is 5.96. The number of hydrogen-bond donors (Lipinski definition) is 2. The Hall–Kier alpha value is -1.95. The molecule has 1 heterocycles. The summed E-state index contributed by atoms with van der Waals surface area (Å²) in [4.78, 5) is 7.30. The minimum absolute atomic E-state index is 0.00302. The Balaban J connectivity index is 1.80. The van der Waals surface area contributed by atoms with E-state index in [4.69, 9.17) is 14.5 Å². The molecule has 0 saturated carbocycles. The molecule has 1 atom stereocenters. The van der Waals surface area contributed by atoms with Crippen molar-refractivity contribution in [3.05, 3.63) is 24.3 Å². The number of hydrogen-bond acceptors (Lipinski definition) is 4. The van der Waals surface area contributed by atoms with Crippen LogP contribution < -0.4 is 20.1 Å². The van der Waals surface area contributed by atoms with Crippen molar-refractivity contribution in [2.75, 3.05) is 39.8 Å². The summed E-state index contributed by atoms with van der Waals surface area (Å²) >= 11 is 0. The van der Waals surface area contributed by atoms with E-state index in [1.807, 2.05) is 31.2 Å². The summed E-state index contributed by atoms with van der Waals surface area (Å²) in [6, 6.07) is 8.14. The zero-order valence-corrected chi connectivity index (χ0v) is 18.2. The molecule has 1 saturated heterocycles. The molecule has 0 aromatic heterocycles. The van der Waals surface area contributed by atoms with Crippen molar-refractivity contribution in [3.8, 4) is 11.5 Å². The van der Waals surface area contributed by atoms with E-state index in [-0.39, 0.29) is 6.10 Å². The van der Waals surface area contributed by atoms with E-state index in [0.29, 0.717) is 12.6 Å². The van der Waals surface area contributed by atoms with Gasteiger partial charge in [0.1, 0.15) is 17.6 Å². The molecule has 2 N–H and O–H groups in total. The molecule has 0 aliphatic carbocycles. The minimum atomic E-state index is -0.00302. The first-order chi connectivity index (χ1) is 13.5. The van der Waals surface area contributed by atoms with Gasteiger partial charge in [0.05, 0.1) is 13.7 Å². The summed E-state index contributed by atoms with van der Waals surface area (Å²) in [5.41, 5.74) is 0. The lowest BCUT2D eigenvalue weighted by Gasteiger charge is -2.34. The molecule has 1 fully saturated rings. The first kappa shape index (κ1) is 22.3. The van der Waals surface area contributed by atoms with E-state index in [2.05, 4.69) is 36.3 Å². The maximum Gasteiger partial charge on any atom is 0.191 e. The van der Waals surface area contributed by atoms with Crippen LogP contribution in [0.25, 0.3) is 0 Å². The highest BCUT2D eigenvalue weighted by Gasteiger charge is 2.20. The van der Waals surface area contributed by atoms with Gasteiger partial charge < -0.3 is 25.0 Å². The summed E-state index contributed by atoms with van der Waals surface area (Å²) in [5, 5.41) is 6.97. The van der Waals surface area contributed by atoms with Crippen molar-refractivity contribution in [1.29, 1.82) is 0 Å². The molecule has 0 radical (unpaired) electrons. The predicted octanol–water partition coefficient (Wildman–Crippen LogP) is 3.14. The van der Waals surface area contributed by atoms with Crippen LogP contribution in [0.3, 0.4) is 0 Å². The van der Waals surface area contributed by atoms with Crippen molar-refractivity contribution in [3.63, 3.8) is 0 Å². The molecule has 6 heteroatoms. The van der Waals surface area contributed by atoms with Crippen LogP contribution in [0.2, 0.25) is 0 Å². The van der Waals surface area contributed by atoms with Crippen molar-refractivity contribution < 1.29 is 9.47 Å². The third-order valence-electron chi connectivity index (χ3n) is 4.80. The fraction of sp³-hybridized carbons (Fsp3) is 0.682. The van der Waals surface area contributed by atoms with Crippen molar-refractivity contribution in [1.82, 2.24) is 15.5 Å². The summed E-state index contributed by atoms with van der Waals surface area (Å²) in [6.07, 6.45) is 2.32. The molecule has 1 aliphatic rings. The van der Waals surface area contributed by atoms with Gasteiger partial charge in [0.15, 0.2) is 5.96 Å². The van der Waals surface area contributed by atoms with Crippen molar-refractivity contribution in [2.24, 2.45) is 10.9 Å². The van der Waals surface area contributed by atoms with E-state index in [1.165, 1.54) is 6.54 Å². The monoisotopic (exact) mass is 390 g/mol. The van der Waals surface area contributed by atoms with Gasteiger partial charge in [-0.05, 0) is 56.9 Å². The van der Waals surface area contributed by atoms with E-state index in [1.54, 1.807) is 7.11 Å². The second kappa shape index (κ2) is 11.8. The topological polar surface area (TPSA) is 58.1 Å². The molecule has 0 bridgehead atoms. The Bertz CT molecular complexity index is 581. The number of aliphatic imine (C=N–C) groups is 1. The van der Waals surface area contributed by atoms with Gasteiger partial charge in [-0.1, -0.05) is 13.8 Å². The molecule has 1 aromatic carbocycles. The number of piperidine rings is 1. The third-order valence-corrected chi connectivity index (χ3v) is 4.80. The second-order valence-corrected chi connectivity index (χ2v) is 7.94. The van der Waals surface area contributed by atoms with Gasteiger partial charge in [-0.3, -0.25) is 0 Å². The Morgan fingerprint density at radius 2 is 1.79 bits per heavy atom. The molecule has 1 aromatic rings. The molecular formula is C22H38N4O2. The van der Waals surface area contributed by atoms with Crippen LogP contribution in [0.15, 0.2) is 29.3 Å². The second-order valence-electron chi connectivity index (χ2n) is 7.94. The molecule has 158 valence electrons. The van der Waals surface area contributed by atoms with Gasteiger partial charge in [0, 0.05) is 32.2 Å². The van der Waals surface area contributed by atoms with Crippen LogP contribution in [-0.4, -0.2) is 62.8 Å². The normalized spacial score (nSPS) is 17.4. The Kier molecular flexibility index (Phi) is 9.41. The number of likely N-dealkylation sites (tertiary alicyclic amines) is 1. The third kappa shape index (κ3) is 7.97. The van der Waals surface area contributed by atoms with Gasteiger partial charge in [-0.2, -0.15) is 0 Å². The smallest absolute Gasteiger partial charge is 0.191 e. The molecule has 0 amide bonds. The number of benzene rings is 1. The highest BCUT2D eigenvalue weighted by molar-refractivity contribution is 5.80. The Morgan fingerprint density at radius 1 is 1.14 bits per heavy atom. The van der Waals surface area contributed by atoms with Gasteiger partial charge in [0.2, 0.25) is 0 Å². The summed E-state index contributed by atoms with van der Waals surface area (Å²) in [5.74, 6) is 3.28. The number of nitrogens with zero attached hydrogens (tertiary/aromatic N) is 2. The molecule has 28 heavy (non-hydrogen) atoms. The van der Waals surface area contributed by atoms with Crippen LogP contribution in [0.4, 0.5) is 0 Å². The first-order valence-electron chi connectivity index (χ1n) is 10.6. The number of rotatable bonds is 9. The van der Waals surface area contributed by atoms with E-state index in [9.17, 15) is 0 Å². The highest BCUT2D eigenvalue weighted by Crippen LogP contribution is 2.18. The van der Waals surface area contributed by atoms with E-state index in [0.717, 1.165) is 55.9 Å². The number of nitrogens with one attached hydrogen (secondary N) is 2. The van der Waals surface area contributed by atoms with E-state index >= 15 is 0 Å². The van der Waals surface area contributed by atoms with Crippen LogP contribution >= 0.6 is 0 Å². The van der Waals surface area contributed by atoms with Crippen LogP contribution in [-0.2, 0) is 0 Å². The molecule has 0 spiro atoms. The number of guanidine groups is 1. The van der Waals surface area contributed by atoms with E-state index < -0.39 is 0 Å². The first-order valence-corrected chi connectivity index (χ1v) is 10.6. The lowest BCUT2D eigenvalue weighted by atomic mass is 10.0. The zero-order valence-electron chi connectivity index (χ0n) is 18.2. The summed E-state index contributed by atoms with van der Waals surface area (Å²) < 4.78 is 11.1. The Labute approximate surface area is 170 Å². The minimum Gasteiger partial charge on any atom is -0.497 e. The van der Waals surface area contributed by atoms with Gasteiger partial charge in [-0.15, -0.1) is 0 Å². The molecule has 1 aliphatic heterocycles. The average Bonchev–Trinajstić information content (AvgIpc) is 2.68.